The minimum absolute atomic E-state index is 0.0669. The van der Waals surface area contributed by atoms with Gasteiger partial charge in [0.05, 0.1) is 11.6 Å². The van der Waals surface area contributed by atoms with Crippen LogP contribution in [0.1, 0.15) is 19.3 Å². The molecule has 1 aliphatic carbocycles. The van der Waals surface area contributed by atoms with Crippen LogP contribution in [0.3, 0.4) is 0 Å². The van der Waals surface area contributed by atoms with E-state index in [1.807, 2.05) is 4.90 Å². The smallest absolute Gasteiger partial charge is 0.231 e. The molecule has 0 radical (unpaired) electrons. The molecular weight excluding hydrogens is 329 g/mol. The van der Waals surface area contributed by atoms with Gasteiger partial charge in [0.25, 0.3) is 0 Å². The van der Waals surface area contributed by atoms with Crippen LogP contribution >= 0.6 is 11.3 Å². The van der Waals surface area contributed by atoms with Crippen LogP contribution in [0, 0.1) is 11.7 Å². The molecule has 2 aromatic rings. The van der Waals surface area contributed by atoms with Crippen molar-refractivity contribution in [1.82, 2.24) is 9.88 Å². The average Bonchev–Trinajstić information content (AvgIpc) is 3.16. The standard InChI is InChI=1S/C17H16FN3O2S/c18-12-3-1-2-10(6-12)14-9-24-17(19-14)20-16(23)11-7-15(22)21(8-11)13-4-5-13/h1-3,6,9,11,13H,4-5,7-8H2,(H,19,20,23). The zero-order valence-corrected chi connectivity index (χ0v) is 13.7. The number of rotatable bonds is 4. The van der Waals surface area contributed by atoms with Gasteiger partial charge in [0.1, 0.15) is 5.82 Å². The molecule has 2 heterocycles. The predicted molar refractivity (Wildman–Crippen MR) is 89.0 cm³/mol. The lowest BCUT2D eigenvalue weighted by Gasteiger charge is -2.14. The van der Waals surface area contributed by atoms with Crippen molar-refractivity contribution in [2.24, 2.45) is 5.92 Å². The third-order valence-corrected chi connectivity index (χ3v) is 5.13. The first-order valence-electron chi connectivity index (χ1n) is 7.92. The van der Waals surface area contributed by atoms with Gasteiger partial charge in [-0.15, -0.1) is 11.3 Å². The Labute approximate surface area is 142 Å². The van der Waals surface area contributed by atoms with Crippen LogP contribution in [0.15, 0.2) is 29.6 Å². The van der Waals surface area contributed by atoms with Crippen LogP contribution in [0.25, 0.3) is 11.3 Å². The van der Waals surface area contributed by atoms with E-state index in [1.54, 1.807) is 17.5 Å². The van der Waals surface area contributed by atoms with E-state index in [0.717, 1.165) is 12.8 Å². The molecule has 7 heteroatoms. The van der Waals surface area contributed by atoms with Gasteiger partial charge in [-0.3, -0.25) is 9.59 Å². The van der Waals surface area contributed by atoms with E-state index in [9.17, 15) is 14.0 Å². The number of nitrogens with zero attached hydrogens (tertiary/aromatic N) is 2. The van der Waals surface area contributed by atoms with E-state index < -0.39 is 0 Å². The van der Waals surface area contributed by atoms with E-state index in [4.69, 9.17) is 0 Å². The number of amides is 2. The monoisotopic (exact) mass is 345 g/mol. The van der Waals surface area contributed by atoms with Crippen LogP contribution in [0.4, 0.5) is 9.52 Å². The van der Waals surface area contributed by atoms with Crippen molar-refractivity contribution in [2.75, 3.05) is 11.9 Å². The minimum atomic E-state index is -0.323. The van der Waals surface area contributed by atoms with E-state index in [-0.39, 0.29) is 30.0 Å². The summed E-state index contributed by atoms with van der Waals surface area (Å²) >= 11 is 1.29. The van der Waals surface area contributed by atoms with E-state index in [0.29, 0.717) is 29.0 Å². The maximum Gasteiger partial charge on any atom is 0.231 e. The van der Waals surface area contributed by atoms with E-state index >= 15 is 0 Å². The fourth-order valence-electron chi connectivity index (χ4n) is 2.97. The average molecular weight is 345 g/mol. The van der Waals surface area contributed by atoms with Gasteiger partial charge >= 0.3 is 0 Å². The molecule has 2 fully saturated rings. The maximum atomic E-state index is 13.3. The zero-order chi connectivity index (χ0) is 16.7. The summed E-state index contributed by atoms with van der Waals surface area (Å²) in [5, 5.41) is 5.03. The summed E-state index contributed by atoms with van der Waals surface area (Å²) in [6.07, 6.45) is 2.36. The molecule has 24 heavy (non-hydrogen) atoms. The Kier molecular flexibility index (Phi) is 3.80. The van der Waals surface area contributed by atoms with Crippen molar-refractivity contribution in [3.05, 3.63) is 35.5 Å². The summed E-state index contributed by atoms with van der Waals surface area (Å²) in [5.41, 5.74) is 1.29. The molecule has 1 atom stereocenters. The number of aromatic nitrogens is 1. The zero-order valence-electron chi connectivity index (χ0n) is 12.9. The second kappa shape index (κ2) is 5.98. The SMILES string of the molecule is O=C(Nc1nc(-c2cccc(F)c2)cs1)C1CC(=O)N(C2CC2)C1. The Bertz CT molecular complexity index is 803. The molecule has 1 unspecified atom stereocenters. The Balaban J connectivity index is 1.42. The number of hydrogen-bond donors (Lipinski definition) is 1. The number of benzene rings is 1. The topological polar surface area (TPSA) is 62.3 Å². The fourth-order valence-corrected chi connectivity index (χ4v) is 3.69. The number of carbonyl (C=O) groups is 2. The summed E-state index contributed by atoms with van der Waals surface area (Å²) in [7, 11) is 0. The quantitative estimate of drug-likeness (QED) is 0.927. The molecule has 1 aliphatic heterocycles. The highest BCUT2D eigenvalue weighted by atomic mass is 32.1. The number of carbonyl (C=O) groups excluding carboxylic acids is 2. The van der Waals surface area contributed by atoms with Crippen molar-refractivity contribution in [2.45, 2.75) is 25.3 Å². The van der Waals surface area contributed by atoms with Crippen LogP contribution in [0.5, 0.6) is 0 Å². The molecule has 1 N–H and O–H groups in total. The molecular formula is C17H16FN3O2S. The van der Waals surface area contributed by atoms with Crippen LogP contribution < -0.4 is 5.32 Å². The highest BCUT2D eigenvalue weighted by Gasteiger charge is 2.41. The lowest BCUT2D eigenvalue weighted by atomic mass is 10.1. The molecule has 2 amide bonds. The number of hydrogen-bond acceptors (Lipinski definition) is 4. The molecule has 0 bridgehead atoms. The van der Waals surface area contributed by atoms with Gasteiger partial charge in [-0.05, 0) is 25.0 Å². The van der Waals surface area contributed by atoms with Gasteiger partial charge in [0, 0.05) is 30.0 Å². The Hall–Kier alpha value is -2.28. The van der Waals surface area contributed by atoms with Gasteiger partial charge in [-0.2, -0.15) is 0 Å². The van der Waals surface area contributed by atoms with Crippen molar-refractivity contribution in [3.8, 4) is 11.3 Å². The van der Waals surface area contributed by atoms with Crippen LogP contribution in [0.2, 0.25) is 0 Å². The van der Waals surface area contributed by atoms with Crippen molar-refractivity contribution < 1.29 is 14.0 Å². The highest BCUT2D eigenvalue weighted by molar-refractivity contribution is 7.14. The largest absolute Gasteiger partial charge is 0.339 e. The summed E-state index contributed by atoms with van der Waals surface area (Å²) in [6, 6.07) is 6.52. The first-order chi connectivity index (χ1) is 11.6. The summed E-state index contributed by atoms with van der Waals surface area (Å²) in [6.45, 7) is 0.497. The lowest BCUT2D eigenvalue weighted by molar-refractivity contribution is -0.128. The number of halogens is 1. The van der Waals surface area contributed by atoms with Gasteiger partial charge in [-0.25, -0.2) is 9.37 Å². The molecule has 2 aliphatic rings. The number of thiazole rings is 1. The minimum Gasteiger partial charge on any atom is -0.339 e. The van der Waals surface area contributed by atoms with Crippen molar-refractivity contribution in [1.29, 1.82) is 0 Å². The molecule has 1 aromatic carbocycles. The van der Waals surface area contributed by atoms with Gasteiger partial charge in [0.2, 0.25) is 11.8 Å². The van der Waals surface area contributed by atoms with E-state index in [2.05, 4.69) is 10.3 Å². The molecule has 4 rings (SSSR count). The molecule has 1 saturated heterocycles. The third kappa shape index (κ3) is 3.03. The Morgan fingerprint density at radius 1 is 1.38 bits per heavy atom. The highest BCUT2D eigenvalue weighted by Crippen LogP contribution is 2.33. The Morgan fingerprint density at radius 3 is 2.96 bits per heavy atom. The van der Waals surface area contributed by atoms with E-state index in [1.165, 1.54) is 23.5 Å². The van der Waals surface area contributed by atoms with Gasteiger partial charge < -0.3 is 10.2 Å². The fraction of sp³-hybridized carbons (Fsp3) is 0.353. The molecule has 0 spiro atoms. The predicted octanol–water partition coefficient (Wildman–Crippen LogP) is 2.90. The van der Waals surface area contributed by atoms with Crippen molar-refractivity contribution >= 4 is 28.3 Å². The van der Waals surface area contributed by atoms with Gasteiger partial charge in [0.15, 0.2) is 5.13 Å². The second-order valence-corrected chi connectivity index (χ2v) is 7.07. The van der Waals surface area contributed by atoms with Crippen molar-refractivity contribution in [3.63, 3.8) is 0 Å². The Morgan fingerprint density at radius 2 is 2.21 bits per heavy atom. The number of nitrogens with one attached hydrogen (secondary N) is 1. The molecule has 124 valence electrons. The summed E-state index contributed by atoms with van der Waals surface area (Å²) in [4.78, 5) is 30.5. The maximum absolute atomic E-state index is 13.3. The second-order valence-electron chi connectivity index (χ2n) is 6.22. The molecule has 1 aromatic heterocycles. The summed E-state index contributed by atoms with van der Waals surface area (Å²) < 4.78 is 13.3. The van der Waals surface area contributed by atoms with Crippen LogP contribution in [-0.4, -0.2) is 34.3 Å². The first kappa shape index (κ1) is 15.3. The normalized spacial score (nSPS) is 20.5. The third-order valence-electron chi connectivity index (χ3n) is 4.37. The number of anilines is 1. The molecule has 5 nitrogen and oxygen atoms in total. The first-order valence-corrected chi connectivity index (χ1v) is 8.80. The van der Waals surface area contributed by atoms with Gasteiger partial charge in [-0.1, -0.05) is 12.1 Å². The number of likely N-dealkylation sites (tertiary alicyclic amines) is 1. The summed E-state index contributed by atoms with van der Waals surface area (Å²) in [5.74, 6) is -0.751. The lowest BCUT2D eigenvalue weighted by Crippen LogP contribution is -2.29. The van der Waals surface area contributed by atoms with Crippen LogP contribution in [-0.2, 0) is 9.59 Å². The molecule has 1 saturated carbocycles.